The molecule has 0 N–H and O–H groups in total. The zero-order valence-corrected chi connectivity index (χ0v) is 11.2. The van der Waals surface area contributed by atoms with Gasteiger partial charge in [0, 0.05) is 31.9 Å². The van der Waals surface area contributed by atoms with Crippen LogP contribution in [0.2, 0.25) is 0 Å². The molecule has 1 fully saturated rings. The van der Waals surface area contributed by atoms with E-state index in [1.807, 2.05) is 29.1 Å². The molecule has 0 aromatic carbocycles. The van der Waals surface area contributed by atoms with Gasteiger partial charge in [-0.3, -0.25) is 4.90 Å². The molecule has 1 aliphatic heterocycles. The maximum atomic E-state index is 5.35. The van der Waals surface area contributed by atoms with Gasteiger partial charge in [-0.2, -0.15) is 5.10 Å². The molecule has 0 atom stereocenters. The zero-order chi connectivity index (χ0) is 12.4. The third-order valence-corrected chi connectivity index (χ3v) is 3.68. The van der Waals surface area contributed by atoms with Gasteiger partial charge >= 0.3 is 0 Å². The number of ether oxygens (including phenoxy) is 1. The van der Waals surface area contributed by atoms with Crippen LogP contribution in [0.3, 0.4) is 0 Å². The summed E-state index contributed by atoms with van der Waals surface area (Å²) in [5.74, 6) is 0. The minimum absolute atomic E-state index is 0.825. The van der Waals surface area contributed by atoms with Crippen molar-refractivity contribution >= 4 is 17.4 Å². The number of thioether (sulfide) groups is 1. The average Bonchev–Trinajstić information content (AvgIpc) is 2.82. The van der Waals surface area contributed by atoms with Gasteiger partial charge in [0.2, 0.25) is 0 Å². The van der Waals surface area contributed by atoms with E-state index in [0.29, 0.717) is 0 Å². The van der Waals surface area contributed by atoms with Crippen molar-refractivity contribution < 1.29 is 4.74 Å². The molecule has 96 valence electrons. The maximum Gasteiger partial charge on any atom is 0.156 e. The van der Waals surface area contributed by atoms with Crippen molar-refractivity contribution in [3.63, 3.8) is 0 Å². The lowest BCUT2D eigenvalue weighted by molar-refractivity contribution is 0.0336. The Balaban J connectivity index is 1.79. The average molecular weight is 264 g/mol. The first kappa shape index (κ1) is 12.0. The van der Waals surface area contributed by atoms with Crippen molar-refractivity contribution in [1.82, 2.24) is 19.5 Å². The number of fused-ring (bicyclic) bond motifs is 1. The van der Waals surface area contributed by atoms with Gasteiger partial charge in [-0.25, -0.2) is 9.50 Å². The van der Waals surface area contributed by atoms with Crippen molar-refractivity contribution in [3.05, 3.63) is 24.0 Å². The Hall–Kier alpha value is -1.11. The van der Waals surface area contributed by atoms with Crippen molar-refractivity contribution in [2.75, 3.05) is 32.6 Å². The minimum Gasteiger partial charge on any atom is -0.379 e. The molecule has 6 heteroatoms. The summed E-state index contributed by atoms with van der Waals surface area (Å²) in [5, 5.41) is 5.41. The summed E-state index contributed by atoms with van der Waals surface area (Å²) in [4.78, 5) is 7.01. The fourth-order valence-corrected chi connectivity index (χ4v) is 2.47. The van der Waals surface area contributed by atoms with Gasteiger partial charge < -0.3 is 4.74 Å². The van der Waals surface area contributed by atoms with E-state index < -0.39 is 0 Å². The summed E-state index contributed by atoms with van der Waals surface area (Å²) in [7, 11) is 0. The monoisotopic (exact) mass is 264 g/mol. The summed E-state index contributed by atoms with van der Waals surface area (Å²) in [6.07, 6.45) is 4.01. The second-order valence-electron chi connectivity index (χ2n) is 4.30. The molecule has 2 aromatic heterocycles. The third-order valence-electron chi connectivity index (χ3n) is 3.06. The molecule has 0 amide bonds. The van der Waals surface area contributed by atoms with Gasteiger partial charge in [0.05, 0.1) is 18.9 Å². The smallest absolute Gasteiger partial charge is 0.156 e. The summed E-state index contributed by atoms with van der Waals surface area (Å²) in [6.45, 7) is 4.51. The van der Waals surface area contributed by atoms with E-state index in [0.717, 1.165) is 49.2 Å². The molecule has 1 saturated heterocycles. The van der Waals surface area contributed by atoms with E-state index >= 15 is 0 Å². The van der Waals surface area contributed by atoms with Crippen molar-refractivity contribution in [1.29, 1.82) is 0 Å². The molecule has 0 saturated carbocycles. The van der Waals surface area contributed by atoms with Crippen LogP contribution in [0, 0.1) is 0 Å². The van der Waals surface area contributed by atoms with E-state index in [2.05, 4.69) is 15.0 Å². The quantitative estimate of drug-likeness (QED) is 0.781. The molecule has 0 radical (unpaired) electrons. The summed E-state index contributed by atoms with van der Waals surface area (Å²) in [5.41, 5.74) is 2.02. The van der Waals surface area contributed by atoms with E-state index in [1.165, 1.54) is 0 Å². The highest BCUT2D eigenvalue weighted by molar-refractivity contribution is 7.98. The number of hydrogen-bond acceptors (Lipinski definition) is 5. The molecule has 3 rings (SSSR count). The largest absolute Gasteiger partial charge is 0.379 e. The predicted molar refractivity (Wildman–Crippen MR) is 70.9 cm³/mol. The Morgan fingerprint density at radius 3 is 3.00 bits per heavy atom. The summed E-state index contributed by atoms with van der Waals surface area (Å²) >= 11 is 1.64. The first-order valence-corrected chi connectivity index (χ1v) is 7.27. The van der Waals surface area contributed by atoms with Crippen LogP contribution in [-0.4, -0.2) is 52.1 Å². The predicted octanol–water partition coefficient (Wildman–Crippen LogP) is 1.28. The molecule has 0 spiro atoms. The highest BCUT2D eigenvalue weighted by atomic mass is 32.2. The highest BCUT2D eigenvalue weighted by Gasteiger charge is 2.12. The van der Waals surface area contributed by atoms with E-state index in [9.17, 15) is 0 Å². The normalized spacial score (nSPS) is 17.4. The van der Waals surface area contributed by atoms with Crippen LogP contribution in [0.4, 0.5) is 0 Å². The molecule has 3 heterocycles. The lowest BCUT2D eigenvalue weighted by Crippen LogP contribution is -2.35. The Bertz CT molecular complexity index is 536. The van der Waals surface area contributed by atoms with Crippen LogP contribution < -0.4 is 0 Å². The van der Waals surface area contributed by atoms with Crippen LogP contribution >= 0.6 is 11.8 Å². The maximum absolute atomic E-state index is 5.35. The minimum atomic E-state index is 0.825. The van der Waals surface area contributed by atoms with Crippen molar-refractivity contribution in [2.45, 2.75) is 11.6 Å². The number of morpholine rings is 1. The van der Waals surface area contributed by atoms with Crippen molar-refractivity contribution in [2.24, 2.45) is 0 Å². The van der Waals surface area contributed by atoms with Gasteiger partial charge in [-0.15, -0.1) is 11.8 Å². The Morgan fingerprint density at radius 2 is 2.22 bits per heavy atom. The third kappa shape index (κ3) is 2.50. The molecule has 0 unspecified atom stereocenters. The van der Waals surface area contributed by atoms with Gasteiger partial charge in [0.1, 0.15) is 5.03 Å². The topological polar surface area (TPSA) is 42.7 Å². The molecule has 0 bridgehead atoms. The Labute approximate surface area is 110 Å². The standard InChI is InChI=1S/C12H16N4OS/c1-18-12-8-11-13-10(2-3-16(11)14-12)9-15-4-6-17-7-5-15/h2-3,8H,4-7,9H2,1H3. The first-order valence-electron chi connectivity index (χ1n) is 6.04. The summed E-state index contributed by atoms with van der Waals surface area (Å²) < 4.78 is 7.17. The Kier molecular flexibility index (Phi) is 3.49. The SMILES string of the molecule is CSc1cc2nc(CN3CCOCC3)ccn2n1. The van der Waals surface area contributed by atoms with Crippen LogP contribution in [0.15, 0.2) is 23.4 Å². The van der Waals surface area contributed by atoms with Crippen LogP contribution in [0.25, 0.3) is 5.65 Å². The fourth-order valence-electron chi connectivity index (χ4n) is 2.07. The molecular formula is C12H16N4OS. The molecule has 5 nitrogen and oxygen atoms in total. The number of aromatic nitrogens is 3. The van der Waals surface area contributed by atoms with E-state index in [1.54, 1.807) is 11.8 Å². The molecule has 1 aliphatic rings. The number of nitrogens with zero attached hydrogens (tertiary/aromatic N) is 4. The lowest BCUT2D eigenvalue weighted by atomic mass is 10.3. The van der Waals surface area contributed by atoms with Gasteiger partial charge in [-0.05, 0) is 12.3 Å². The molecule has 18 heavy (non-hydrogen) atoms. The second kappa shape index (κ2) is 5.26. The van der Waals surface area contributed by atoms with Crippen molar-refractivity contribution in [3.8, 4) is 0 Å². The van der Waals surface area contributed by atoms with Gasteiger partial charge in [-0.1, -0.05) is 0 Å². The number of rotatable bonds is 3. The molecule has 2 aromatic rings. The van der Waals surface area contributed by atoms with Crippen LogP contribution in [-0.2, 0) is 11.3 Å². The van der Waals surface area contributed by atoms with E-state index in [-0.39, 0.29) is 0 Å². The van der Waals surface area contributed by atoms with Gasteiger partial charge in [0.25, 0.3) is 0 Å². The first-order chi connectivity index (χ1) is 8.85. The fraction of sp³-hybridized carbons (Fsp3) is 0.500. The summed E-state index contributed by atoms with van der Waals surface area (Å²) in [6, 6.07) is 4.06. The van der Waals surface area contributed by atoms with E-state index in [4.69, 9.17) is 4.74 Å². The lowest BCUT2D eigenvalue weighted by Gasteiger charge is -2.26. The van der Waals surface area contributed by atoms with Gasteiger partial charge in [0.15, 0.2) is 5.65 Å². The highest BCUT2D eigenvalue weighted by Crippen LogP contribution is 2.15. The van der Waals surface area contributed by atoms with Crippen LogP contribution in [0.5, 0.6) is 0 Å². The van der Waals surface area contributed by atoms with Crippen LogP contribution in [0.1, 0.15) is 5.69 Å². The zero-order valence-electron chi connectivity index (χ0n) is 10.4. The second-order valence-corrected chi connectivity index (χ2v) is 5.12. The molecule has 0 aliphatic carbocycles. The number of hydrogen-bond donors (Lipinski definition) is 0. The molecular weight excluding hydrogens is 248 g/mol. The Morgan fingerprint density at radius 1 is 1.39 bits per heavy atom.